The lowest BCUT2D eigenvalue weighted by molar-refractivity contribution is -0.129. The van der Waals surface area contributed by atoms with E-state index in [0.717, 1.165) is 10.0 Å². The van der Waals surface area contributed by atoms with Crippen LogP contribution in [0.2, 0.25) is 5.02 Å². The number of rotatable bonds is 3. The third-order valence-electron chi connectivity index (χ3n) is 3.29. The number of halogens is 3. The van der Waals surface area contributed by atoms with Crippen LogP contribution < -0.4 is 11.1 Å². The van der Waals surface area contributed by atoms with Crippen molar-refractivity contribution >= 4 is 45.8 Å². The second-order valence-electron chi connectivity index (χ2n) is 4.69. The Kier molecular flexibility index (Phi) is 6.75. The van der Waals surface area contributed by atoms with Crippen molar-refractivity contribution in [1.82, 2.24) is 5.32 Å². The molecule has 0 saturated carbocycles. The van der Waals surface area contributed by atoms with Crippen molar-refractivity contribution in [2.45, 2.75) is 24.9 Å². The molecule has 0 atom stereocenters. The molecule has 1 saturated heterocycles. The number of hydrogen-bond donors (Lipinski definition) is 2. The van der Waals surface area contributed by atoms with Gasteiger partial charge in [0.1, 0.15) is 0 Å². The molecule has 20 heavy (non-hydrogen) atoms. The van der Waals surface area contributed by atoms with Crippen LogP contribution in [0.3, 0.4) is 0 Å². The van der Waals surface area contributed by atoms with Crippen LogP contribution in [0.4, 0.5) is 0 Å². The molecule has 1 amide bonds. The molecule has 1 fully saturated rings. The van der Waals surface area contributed by atoms with Crippen molar-refractivity contribution in [2.24, 2.45) is 5.73 Å². The molecule has 7 heteroatoms. The summed E-state index contributed by atoms with van der Waals surface area (Å²) in [5.74, 6) is -0.144. The zero-order valence-corrected chi connectivity index (χ0v) is 14.0. The third-order valence-corrected chi connectivity index (χ3v) is 4.14. The minimum atomic E-state index is -0.819. The Bertz CT molecular complexity index is 479. The maximum atomic E-state index is 12.1. The fourth-order valence-corrected chi connectivity index (χ4v) is 2.72. The van der Waals surface area contributed by atoms with Crippen molar-refractivity contribution in [3.8, 4) is 0 Å². The van der Waals surface area contributed by atoms with Gasteiger partial charge in [-0.2, -0.15) is 0 Å². The molecule has 0 bridgehead atoms. The molecule has 0 aromatic heterocycles. The molecular weight excluding hydrogens is 367 g/mol. The lowest BCUT2D eigenvalue weighted by Gasteiger charge is -2.31. The van der Waals surface area contributed by atoms with Gasteiger partial charge >= 0.3 is 0 Å². The van der Waals surface area contributed by atoms with E-state index in [-0.39, 0.29) is 18.3 Å². The highest BCUT2D eigenvalue weighted by Gasteiger charge is 2.35. The summed E-state index contributed by atoms with van der Waals surface area (Å²) in [5, 5.41) is 3.47. The highest BCUT2D eigenvalue weighted by atomic mass is 79.9. The molecule has 3 N–H and O–H groups in total. The quantitative estimate of drug-likeness (QED) is 0.843. The Morgan fingerprint density at radius 2 is 2.10 bits per heavy atom. The Balaban J connectivity index is 0.00000200. The molecule has 1 aromatic carbocycles. The van der Waals surface area contributed by atoms with Gasteiger partial charge in [-0.05, 0) is 30.5 Å². The maximum Gasteiger partial charge on any atom is 0.240 e. The molecule has 1 aliphatic rings. The Hall–Kier alpha value is -0.330. The molecular formula is C13H17BrCl2N2O2. The maximum absolute atomic E-state index is 12.1. The lowest BCUT2D eigenvalue weighted by Crippen LogP contribution is -2.56. The van der Waals surface area contributed by atoms with E-state index in [9.17, 15) is 4.79 Å². The standard InChI is InChI=1S/C13H16BrClN2O2.ClH/c14-10-2-1-9(11(15)7-10)8-17-12(18)13(16)3-5-19-6-4-13;/h1-2,7H,3-6,8,16H2,(H,17,18);1H. The largest absolute Gasteiger partial charge is 0.381 e. The smallest absolute Gasteiger partial charge is 0.240 e. The number of nitrogens with two attached hydrogens (primary N) is 1. The monoisotopic (exact) mass is 382 g/mol. The Morgan fingerprint density at radius 3 is 2.70 bits per heavy atom. The summed E-state index contributed by atoms with van der Waals surface area (Å²) in [7, 11) is 0. The van der Waals surface area contributed by atoms with Gasteiger partial charge < -0.3 is 15.8 Å². The summed E-state index contributed by atoms with van der Waals surface area (Å²) in [5.41, 5.74) is 6.15. The molecule has 1 heterocycles. The topological polar surface area (TPSA) is 64.4 Å². The minimum Gasteiger partial charge on any atom is -0.381 e. The van der Waals surface area contributed by atoms with E-state index in [1.165, 1.54) is 0 Å². The van der Waals surface area contributed by atoms with Gasteiger partial charge in [0.2, 0.25) is 5.91 Å². The van der Waals surface area contributed by atoms with E-state index in [4.69, 9.17) is 22.1 Å². The predicted molar refractivity (Wildman–Crippen MR) is 85.2 cm³/mol. The van der Waals surface area contributed by atoms with Gasteiger partial charge in [-0.15, -0.1) is 12.4 Å². The van der Waals surface area contributed by atoms with Gasteiger partial charge in [0, 0.05) is 29.3 Å². The van der Waals surface area contributed by atoms with Crippen LogP contribution in [0.5, 0.6) is 0 Å². The van der Waals surface area contributed by atoms with E-state index in [1.54, 1.807) is 6.07 Å². The third kappa shape index (κ3) is 4.33. The van der Waals surface area contributed by atoms with Crippen LogP contribution in [0, 0.1) is 0 Å². The van der Waals surface area contributed by atoms with Crippen molar-refractivity contribution in [3.05, 3.63) is 33.3 Å². The fraction of sp³-hybridized carbons (Fsp3) is 0.462. The normalized spacial score (nSPS) is 17.1. The van der Waals surface area contributed by atoms with Crippen molar-refractivity contribution in [2.75, 3.05) is 13.2 Å². The highest BCUT2D eigenvalue weighted by molar-refractivity contribution is 9.10. The summed E-state index contributed by atoms with van der Waals surface area (Å²) < 4.78 is 6.13. The van der Waals surface area contributed by atoms with Crippen molar-refractivity contribution in [3.63, 3.8) is 0 Å². The SMILES string of the molecule is Cl.NC1(C(=O)NCc2ccc(Br)cc2Cl)CCOCC1. The van der Waals surface area contributed by atoms with Crippen LogP contribution in [0.1, 0.15) is 18.4 Å². The molecule has 1 aromatic rings. The first kappa shape index (κ1) is 17.7. The first-order chi connectivity index (χ1) is 9.01. The molecule has 4 nitrogen and oxygen atoms in total. The van der Waals surface area contributed by atoms with E-state index < -0.39 is 5.54 Å². The summed E-state index contributed by atoms with van der Waals surface area (Å²) in [4.78, 5) is 12.1. The second kappa shape index (κ2) is 7.61. The number of carbonyl (C=O) groups excluding carboxylic acids is 1. The summed E-state index contributed by atoms with van der Waals surface area (Å²) >= 11 is 9.44. The predicted octanol–water partition coefficient (Wildman–Crippen LogP) is 2.65. The van der Waals surface area contributed by atoms with Gasteiger partial charge in [0.15, 0.2) is 0 Å². The van der Waals surface area contributed by atoms with Gasteiger partial charge in [-0.3, -0.25) is 4.79 Å². The van der Waals surface area contributed by atoms with Crippen LogP contribution in [-0.4, -0.2) is 24.7 Å². The molecule has 2 rings (SSSR count). The number of carbonyl (C=O) groups is 1. The van der Waals surface area contributed by atoms with Gasteiger partial charge in [-0.25, -0.2) is 0 Å². The number of amides is 1. The van der Waals surface area contributed by atoms with Gasteiger partial charge in [0.25, 0.3) is 0 Å². The van der Waals surface area contributed by atoms with E-state index >= 15 is 0 Å². The van der Waals surface area contributed by atoms with Crippen LogP contribution in [0.15, 0.2) is 22.7 Å². The molecule has 0 spiro atoms. The van der Waals surface area contributed by atoms with Gasteiger partial charge in [0.05, 0.1) is 5.54 Å². The van der Waals surface area contributed by atoms with Crippen molar-refractivity contribution in [1.29, 1.82) is 0 Å². The number of hydrogen-bond acceptors (Lipinski definition) is 3. The minimum absolute atomic E-state index is 0. The zero-order valence-electron chi connectivity index (χ0n) is 10.8. The number of ether oxygens (including phenoxy) is 1. The zero-order chi connectivity index (χ0) is 13.9. The fourth-order valence-electron chi connectivity index (χ4n) is 1.98. The van der Waals surface area contributed by atoms with E-state index in [1.807, 2.05) is 12.1 Å². The summed E-state index contributed by atoms with van der Waals surface area (Å²) in [6.45, 7) is 1.44. The first-order valence-corrected chi connectivity index (χ1v) is 7.27. The first-order valence-electron chi connectivity index (χ1n) is 6.10. The molecule has 1 aliphatic heterocycles. The average molecular weight is 384 g/mol. The van der Waals surface area contributed by atoms with Gasteiger partial charge in [-0.1, -0.05) is 33.6 Å². The molecule has 0 aliphatic carbocycles. The van der Waals surface area contributed by atoms with E-state index in [2.05, 4.69) is 21.2 Å². The van der Waals surface area contributed by atoms with Crippen LogP contribution in [-0.2, 0) is 16.1 Å². The van der Waals surface area contributed by atoms with Crippen LogP contribution >= 0.6 is 39.9 Å². The Morgan fingerprint density at radius 1 is 1.45 bits per heavy atom. The van der Waals surface area contributed by atoms with E-state index in [0.29, 0.717) is 37.6 Å². The average Bonchev–Trinajstić information content (AvgIpc) is 2.38. The van der Waals surface area contributed by atoms with Crippen LogP contribution in [0.25, 0.3) is 0 Å². The molecule has 0 radical (unpaired) electrons. The molecule has 112 valence electrons. The summed E-state index contributed by atoms with van der Waals surface area (Å²) in [6, 6.07) is 5.57. The highest BCUT2D eigenvalue weighted by Crippen LogP contribution is 2.22. The number of nitrogens with one attached hydrogen (secondary N) is 1. The Labute approximate surface area is 137 Å². The summed E-state index contributed by atoms with van der Waals surface area (Å²) in [6.07, 6.45) is 1.10. The molecule has 0 unspecified atom stereocenters. The lowest BCUT2D eigenvalue weighted by atomic mass is 9.90. The second-order valence-corrected chi connectivity index (χ2v) is 6.01. The van der Waals surface area contributed by atoms with Crippen molar-refractivity contribution < 1.29 is 9.53 Å². The number of benzene rings is 1.